The quantitative estimate of drug-likeness (QED) is 0.416. The fourth-order valence-electron chi connectivity index (χ4n) is 1.56. The molecule has 0 aliphatic rings. The van der Waals surface area contributed by atoms with Crippen LogP contribution in [-0.2, 0) is 20.9 Å². The number of isocyanates is 1. The van der Waals surface area contributed by atoms with E-state index in [1.165, 1.54) is 6.08 Å². The molecule has 0 heterocycles. The number of rotatable bonds is 8. The first-order chi connectivity index (χ1) is 10.1. The minimum atomic E-state index is -1.44. The number of carboxylic acids is 1. The van der Waals surface area contributed by atoms with Crippen molar-refractivity contribution in [2.75, 3.05) is 6.54 Å². The summed E-state index contributed by atoms with van der Waals surface area (Å²) in [6.45, 7) is 0.371. The highest BCUT2D eigenvalue weighted by Gasteiger charge is 2.08. The number of aliphatic carboxylic acids is 1. The zero-order chi connectivity index (χ0) is 15.5. The molecule has 7 heteroatoms. The summed E-state index contributed by atoms with van der Waals surface area (Å²) in [5.41, 5.74) is 0.866. The van der Waals surface area contributed by atoms with Crippen LogP contribution in [0, 0.1) is 0 Å². The number of nitrogens with zero attached hydrogens (tertiary/aromatic N) is 1. The molecular weight excluding hydrogens is 276 g/mol. The highest BCUT2D eigenvalue weighted by Crippen LogP contribution is 2.02. The highest BCUT2D eigenvalue weighted by molar-refractivity contribution is 5.72. The summed E-state index contributed by atoms with van der Waals surface area (Å²) in [4.78, 5) is 35.1. The van der Waals surface area contributed by atoms with Gasteiger partial charge >= 0.3 is 6.09 Å². The van der Waals surface area contributed by atoms with Gasteiger partial charge in [0.05, 0.1) is 5.97 Å². The van der Waals surface area contributed by atoms with Gasteiger partial charge in [-0.1, -0.05) is 30.3 Å². The fourth-order valence-corrected chi connectivity index (χ4v) is 1.56. The Hall–Kier alpha value is -2.66. The summed E-state index contributed by atoms with van der Waals surface area (Å²) >= 11 is 0. The standard InChI is InChI=1S/C14H16N2O5/c17-10-16-12(13(18)19)7-4-8-15-14(20)21-9-11-5-2-1-3-6-11/h1-3,5-6,12H,4,7-9H2,(H,15,20)(H,18,19)/p-1. The predicted octanol–water partition coefficient (Wildman–Crippen LogP) is 0.147. The molecule has 0 radical (unpaired) electrons. The number of nitrogens with one attached hydrogen (secondary N) is 1. The monoisotopic (exact) mass is 291 g/mol. The number of carboxylic acid groups (broad SMARTS) is 1. The number of benzene rings is 1. The highest BCUT2D eigenvalue weighted by atomic mass is 16.5. The van der Waals surface area contributed by atoms with Gasteiger partial charge in [-0.2, -0.15) is 4.99 Å². The lowest BCUT2D eigenvalue weighted by Gasteiger charge is -2.11. The van der Waals surface area contributed by atoms with Crippen molar-refractivity contribution in [2.45, 2.75) is 25.5 Å². The lowest BCUT2D eigenvalue weighted by molar-refractivity contribution is -0.307. The number of aliphatic imine (C=N–C) groups is 1. The Labute approximate surface area is 121 Å². The van der Waals surface area contributed by atoms with Crippen LogP contribution >= 0.6 is 0 Å². The van der Waals surface area contributed by atoms with E-state index in [1.54, 1.807) is 0 Å². The van der Waals surface area contributed by atoms with E-state index in [9.17, 15) is 19.5 Å². The topological polar surface area (TPSA) is 108 Å². The van der Waals surface area contributed by atoms with E-state index in [2.05, 4.69) is 10.3 Å². The number of carbonyl (C=O) groups is 2. The molecule has 7 nitrogen and oxygen atoms in total. The SMILES string of the molecule is O=C=NC(CCCNC(=O)OCc1ccccc1)C(=O)[O-]. The Balaban J connectivity index is 2.18. The van der Waals surface area contributed by atoms with Crippen molar-refractivity contribution in [1.82, 2.24) is 5.32 Å². The zero-order valence-corrected chi connectivity index (χ0v) is 11.3. The minimum absolute atomic E-state index is 0.0799. The number of alkyl carbamates (subject to hydrolysis) is 1. The van der Waals surface area contributed by atoms with Gasteiger partial charge in [0.25, 0.3) is 0 Å². The second-order valence-corrected chi connectivity index (χ2v) is 4.19. The second kappa shape index (κ2) is 9.28. The molecule has 1 N–H and O–H groups in total. The molecule has 1 aromatic carbocycles. The maximum Gasteiger partial charge on any atom is 0.407 e. The van der Waals surface area contributed by atoms with E-state index < -0.39 is 18.1 Å². The Bertz CT molecular complexity index is 509. The van der Waals surface area contributed by atoms with Crippen LogP contribution in [0.1, 0.15) is 18.4 Å². The Morgan fingerprint density at radius 1 is 1.33 bits per heavy atom. The van der Waals surface area contributed by atoms with Gasteiger partial charge in [-0.15, -0.1) is 0 Å². The molecule has 0 aromatic heterocycles. The normalized spacial score (nSPS) is 11.0. The summed E-state index contributed by atoms with van der Waals surface area (Å²) in [6, 6.07) is 7.96. The van der Waals surface area contributed by atoms with Gasteiger partial charge in [-0.3, -0.25) is 0 Å². The average molecular weight is 291 g/mol. The number of hydrogen-bond acceptors (Lipinski definition) is 6. The maximum absolute atomic E-state index is 11.4. The van der Waals surface area contributed by atoms with Crippen molar-refractivity contribution < 1.29 is 24.2 Å². The molecule has 1 unspecified atom stereocenters. The first-order valence-electron chi connectivity index (χ1n) is 6.36. The van der Waals surface area contributed by atoms with E-state index in [1.807, 2.05) is 30.3 Å². The molecule has 1 aromatic rings. The largest absolute Gasteiger partial charge is 0.548 e. The molecule has 0 bridgehead atoms. The van der Waals surface area contributed by atoms with E-state index in [0.717, 1.165) is 5.56 Å². The van der Waals surface area contributed by atoms with Crippen LogP contribution in [0.15, 0.2) is 35.3 Å². The number of ether oxygens (including phenoxy) is 1. The third kappa shape index (κ3) is 6.89. The second-order valence-electron chi connectivity index (χ2n) is 4.19. The summed E-state index contributed by atoms with van der Waals surface area (Å²) in [5.74, 6) is -1.44. The van der Waals surface area contributed by atoms with Crippen molar-refractivity contribution in [3.63, 3.8) is 0 Å². The van der Waals surface area contributed by atoms with Crippen LogP contribution < -0.4 is 10.4 Å². The maximum atomic E-state index is 11.4. The smallest absolute Gasteiger partial charge is 0.407 e. The van der Waals surface area contributed by atoms with Crippen LogP contribution in [0.2, 0.25) is 0 Å². The predicted molar refractivity (Wildman–Crippen MR) is 70.8 cm³/mol. The van der Waals surface area contributed by atoms with E-state index in [-0.39, 0.29) is 19.6 Å². The van der Waals surface area contributed by atoms with Gasteiger partial charge in [0.15, 0.2) is 0 Å². The van der Waals surface area contributed by atoms with E-state index in [4.69, 9.17) is 4.74 Å². The van der Waals surface area contributed by atoms with Crippen LogP contribution in [0.5, 0.6) is 0 Å². The lowest BCUT2D eigenvalue weighted by Crippen LogP contribution is -2.35. The summed E-state index contributed by atoms with van der Waals surface area (Å²) in [6.07, 6.45) is 0.988. The minimum Gasteiger partial charge on any atom is -0.548 e. The summed E-state index contributed by atoms with van der Waals surface area (Å²) < 4.78 is 4.97. The summed E-state index contributed by atoms with van der Waals surface area (Å²) in [7, 11) is 0. The molecule has 21 heavy (non-hydrogen) atoms. The van der Waals surface area contributed by atoms with Crippen LogP contribution in [-0.4, -0.2) is 30.7 Å². The Morgan fingerprint density at radius 3 is 2.67 bits per heavy atom. The van der Waals surface area contributed by atoms with Gasteiger partial charge in [0.1, 0.15) is 12.6 Å². The van der Waals surface area contributed by atoms with Crippen molar-refractivity contribution in [2.24, 2.45) is 4.99 Å². The van der Waals surface area contributed by atoms with Crippen molar-refractivity contribution in [3.8, 4) is 0 Å². The lowest BCUT2D eigenvalue weighted by atomic mass is 10.1. The van der Waals surface area contributed by atoms with Crippen molar-refractivity contribution in [1.29, 1.82) is 0 Å². The van der Waals surface area contributed by atoms with Crippen LogP contribution in [0.4, 0.5) is 4.79 Å². The third-order valence-corrected chi connectivity index (χ3v) is 2.62. The zero-order valence-electron chi connectivity index (χ0n) is 11.3. The molecular formula is C14H15N2O5-. The molecule has 0 spiro atoms. The number of carbonyl (C=O) groups excluding carboxylic acids is 3. The van der Waals surface area contributed by atoms with Gasteiger partial charge in [-0.25, -0.2) is 9.59 Å². The first-order valence-corrected chi connectivity index (χ1v) is 6.36. The Kier molecular flexibility index (Phi) is 7.24. The molecule has 0 fully saturated rings. The third-order valence-electron chi connectivity index (χ3n) is 2.62. The molecule has 1 atom stereocenters. The average Bonchev–Trinajstić information content (AvgIpc) is 2.49. The van der Waals surface area contributed by atoms with Gasteiger partial charge in [-0.05, 0) is 18.4 Å². The molecule has 0 aliphatic heterocycles. The molecule has 0 saturated carbocycles. The molecule has 1 amide bonds. The summed E-state index contributed by atoms with van der Waals surface area (Å²) in [5, 5.41) is 13.1. The molecule has 0 saturated heterocycles. The Morgan fingerprint density at radius 2 is 2.05 bits per heavy atom. The molecule has 0 aliphatic carbocycles. The van der Waals surface area contributed by atoms with Crippen molar-refractivity contribution >= 4 is 18.1 Å². The van der Waals surface area contributed by atoms with Crippen LogP contribution in [0.3, 0.4) is 0 Å². The van der Waals surface area contributed by atoms with Gasteiger partial charge in [0.2, 0.25) is 6.08 Å². The van der Waals surface area contributed by atoms with E-state index in [0.29, 0.717) is 6.42 Å². The van der Waals surface area contributed by atoms with Gasteiger partial charge < -0.3 is 20.0 Å². The van der Waals surface area contributed by atoms with Gasteiger partial charge in [0, 0.05) is 6.54 Å². The van der Waals surface area contributed by atoms with Crippen LogP contribution in [0.25, 0.3) is 0 Å². The van der Waals surface area contributed by atoms with Crippen molar-refractivity contribution in [3.05, 3.63) is 35.9 Å². The number of amides is 1. The molecule has 1 rings (SSSR count). The number of hydrogen-bond donors (Lipinski definition) is 1. The molecule has 112 valence electrons. The fraction of sp³-hybridized carbons (Fsp3) is 0.357. The van der Waals surface area contributed by atoms with E-state index >= 15 is 0 Å². The first kappa shape index (κ1) is 16.4.